The molecule has 1 heterocycles. The van der Waals surface area contributed by atoms with Crippen LogP contribution in [0.1, 0.15) is 30.8 Å². The highest BCUT2D eigenvalue weighted by Gasteiger charge is 2.22. The predicted molar refractivity (Wildman–Crippen MR) is 129 cm³/mol. The zero-order chi connectivity index (χ0) is 24.0. The van der Waals surface area contributed by atoms with Crippen LogP contribution in [0, 0.1) is 0 Å². The Morgan fingerprint density at radius 3 is 2.52 bits per heavy atom. The number of nitrogens with zero attached hydrogens (tertiary/aromatic N) is 4. The summed E-state index contributed by atoms with van der Waals surface area (Å²) in [4.78, 5) is 14.6. The third kappa shape index (κ3) is 6.64. The lowest BCUT2D eigenvalue weighted by Crippen LogP contribution is -2.23. The first-order valence-corrected chi connectivity index (χ1v) is 12.9. The second-order valence-corrected chi connectivity index (χ2v) is 10.2. The van der Waals surface area contributed by atoms with Crippen molar-refractivity contribution >= 4 is 33.4 Å². The SMILES string of the molecule is CC[C@H](c1nnc(SCC(=O)Nc2cccc(S(N)(=O)=O)c2)n1Cc1ccccc1)N(C)C. The summed E-state index contributed by atoms with van der Waals surface area (Å²) in [6.07, 6.45) is 0.867. The van der Waals surface area contributed by atoms with Crippen LogP contribution in [-0.4, -0.2) is 53.8 Å². The van der Waals surface area contributed by atoms with E-state index in [1.807, 2.05) is 49.0 Å². The van der Waals surface area contributed by atoms with E-state index in [1.54, 1.807) is 6.07 Å². The molecule has 9 nitrogen and oxygen atoms in total. The van der Waals surface area contributed by atoms with Crippen LogP contribution < -0.4 is 10.5 Å². The molecule has 0 aliphatic carbocycles. The van der Waals surface area contributed by atoms with Crippen LogP contribution >= 0.6 is 11.8 Å². The molecule has 3 aromatic rings. The molecule has 0 bridgehead atoms. The van der Waals surface area contributed by atoms with Crippen molar-refractivity contribution in [3.8, 4) is 0 Å². The largest absolute Gasteiger partial charge is 0.325 e. The van der Waals surface area contributed by atoms with Gasteiger partial charge in [-0.05, 0) is 44.3 Å². The number of hydrogen-bond acceptors (Lipinski definition) is 7. The molecule has 3 N–H and O–H groups in total. The fourth-order valence-corrected chi connectivity index (χ4v) is 4.73. The van der Waals surface area contributed by atoms with Crippen molar-refractivity contribution < 1.29 is 13.2 Å². The van der Waals surface area contributed by atoms with E-state index < -0.39 is 10.0 Å². The van der Waals surface area contributed by atoms with Gasteiger partial charge in [-0.15, -0.1) is 10.2 Å². The van der Waals surface area contributed by atoms with E-state index in [1.165, 1.54) is 30.0 Å². The minimum Gasteiger partial charge on any atom is -0.325 e. The van der Waals surface area contributed by atoms with Crippen molar-refractivity contribution in [2.75, 3.05) is 25.2 Å². The van der Waals surface area contributed by atoms with Gasteiger partial charge < -0.3 is 9.88 Å². The zero-order valence-electron chi connectivity index (χ0n) is 18.8. The maximum absolute atomic E-state index is 12.5. The number of amides is 1. The van der Waals surface area contributed by atoms with E-state index in [2.05, 4.69) is 27.3 Å². The third-order valence-electron chi connectivity index (χ3n) is 5.02. The van der Waals surface area contributed by atoms with Gasteiger partial charge in [0.25, 0.3) is 0 Å². The molecule has 1 atom stereocenters. The first kappa shape index (κ1) is 24.9. The number of anilines is 1. The molecule has 33 heavy (non-hydrogen) atoms. The van der Waals surface area contributed by atoms with Gasteiger partial charge in [-0.1, -0.05) is 55.1 Å². The van der Waals surface area contributed by atoms with Crippen LogP contribution in [0.3, 0.4) is 0 Å². The van der Waals surface area contributed by atoms with Crippen molar-refractivity contribution in [1.82, 2.24) is 19.7 Å². The van der Waals surface area contributed by atoms with E-state index in [9.17, 15) is 13.2 Å². The van der Waals surface area contributed by atoms with Crippen molar-refractivity contribution in [3.05, 3.63) is 66.0 Å². The fourth-order valence-electron chi connectivity index (χ4n) is 3.42. The number of hydrogen-bond donors (Lipinski definition) is 2. The Kier molecular flexibility index (Phi) is 8.25. The second-order valence-electron chi connectivity index (χ2n) is 7.71. The molecular weight excluding hydrogens is 460 g/mol. The zero-order valence-corrected chi connectivity index (χ0v) is 20.4. The lowest BCUT2D eigenvalue weighted by Gasteiger charge is -2.23. The van der Waals surface area contributed by atoms with Gasteiger partial charge in [0.05, 0.1) is 23.2 Å². The Labute approximate surface area is 198 Å². The summed E-state index contributed by atoms with van der Waals surface area (Å²) in [5, 5.41) is 17.3. The van der Waals surface area contributed by atoms with E-state index in [4.69, 9.17) is 5.14 Å². The highest BCUT2D eigenvalue weighted by molar-refractivity contribution is 7.99. The molecule has 0 saturated heterocycles. The van der Waals surface area contributed by atoms with Gasteiger partial charge in [-0.2, -0.15) is 0 Å². The lowest BCUT2D eigenvalue weighted by atomic mass is 10.2. The van der Waals surface area contributed by atoms with Gasteiger partial charge in [-0.3, -0.25) is 9.69 Å². The summed E-state index contributed by atoms with van der Waals surface area (Å²) < 4.78 is 25.1. The molecule has 3 rings (SSSR count). The highest BCUT2D eigenvalue weighted by Crippen LogP contribution is 2.26. The number of primary sulfonamides is 1. The number of nitrogens with one attached hydrogen (secondary N) is 1. The van der Waals surface area contributed by atoms with Crippen LogP contribution in [0.4, 0.5) is 5.69 Å². The Balaban J connectivity index is 1.77. The van der Waals surface area contributed by atoms with Crippen LogP contribution in [0.15, 0.2) is 64.6 Å². The number of aromatic nitrogens is 3. The average Bonchev–Trinajstić information content (AvgIpc) is 3.15. The molecule has 0 aliphatic rings. The number of sulfonamides is 1. The number of rotatable bonds is 10. The van der Waals surface area contributed by atoms with Gasteiger partial charge >= 0.3 is 0 Å². The van der Waals surface area contributed by atoms with Gasteiger partial charge in [0.1, 0.15) is 0 Å². The van der Waals surface area contributed by atoms with Crippen molar-refractivity contribution in [1.29, 1.82) is 0 Å². The standard InChI is InChI=1S/C22H28N6O3S2/c1-4-19(27(2)3)21-25-26-22(28(21)14-16-9-6-5-7-10-16)32-15-20(29)24-17-11-8-12-18(13-17)33(23,30)31/h5-13,19H,4,14-15H2,1-3H3,(H,24,29)(H2,23,30,31)/t19-/m1/s1. The Hall–Kier alpha value is -2.73. The van der Waals surface area contributed by atoms with Crippen molar-refractivity contribution in [2.45, 2.75) is 36.0 Å². The molecule has 0 fully saturated rings. The maximum Gasteiger partial charge on any atom is 0.238 e. The number of benzene rings is 2. The molecule has 1 aromatic heterocycles. The number of carbonyl (C=O) groups is 1. The van der Waals surface area contributed by atoms with Crippen molar-refractivity contribution in [2.24, 2.45) is 5.14 Å². The summed E-state index contributed by atoms with van der Waals surface area (Å²) in [6.45, 7) is 2.69. The van der Waals surface area contributed by atoms with Crippen molar-refractivity contribution in [3.63, 3.8) is 0 Å². The highest BCUT2D eigenvalue weighted by atomic mass is 32.2. The lowest BCUT2D eigenvalue weighted by molar-refractivity contribution is -0.113. The molecule has 1 amide bonds. The Morgan fingerprint density at radius 2 is 1.88 bits per heavy atom. The molecule has 0 spiro atoms. The monoisotopic (exact) mass is 488 g/mol. The molecule has 2 aromatic carbocycles. The number of carbonyl (C=O) groups excluding carboxylic acids is 1. The summed E-state index contributed by atoms with van der Waals surface area (Å²) in [5.74, 6) is 0.641. The molecule has 0 radical (unpaired) electrons. The van der Waals surface area contributed by atoms with Gasteiger partial charge in [0.15, 0.2) is 11.0 Å². The fraction of sp³-hybridized carbons (Fsp3) is 0.318. The van der Waals surface area contributed by atoms with Gasteiger partial charge in [0, 0.05) is 5.69 Å². The minimum absolute atomic E-state index is 0.0607. The maximum atomic E-state index is 12.5. The van der Waals surface area contributed by atoms with E-state index >= 15 is 0 Å². The van der Waals surface area contributed by atoms with Crippen LogP contribution in [0.5, 0.6) is 0 Å². The van der Waals surface area contributed by atoms with E-state index in [-0.39, 0.29) is 22.6 Å². The first-order chi connectivity index (χ1) is 15.7. The second kappa shape index (κ2) is 10.9. The summed E-state index contributed by atoms with van der Waals surface area (Å²) in [6, 6.07) is 15.9. The summed E-state index contributed by atoms with van der Waals surface area (Å²) >= 11 is 1.28. The molecule has 11 heteroatoms. The van der Waals surface area contributed by atoms with E-state index in [0.29, 0.717) is 17.4 Å². The first-order valence-electron chi connectivity index (χ1n) is 10.4. The molecule has 0 unspecified atom stereocenters. The topological polar surface area (TPSA) is 123 Å². The molecule has 176 valence electrons. The van der Waals surface area contributed by atoms with Crippen LogP contribution in [-0.2, 0) is 21.4 Å². The smallest absolute Gasteiger partial charge is 0.238 e. The van der Waals surface area contributed by atoms with Crippen LogP contribution in [0.25, 0.3) is 0 Å². The Bertz CT molecular complexity index is 1200. The molecular formula is C22H28N6O3S2. The number of thioether (sulfide) groups is 1. The quantitative estimate of drug-likeness (QED) is 0.421. The minimum atomic E-state index is -3.85. The number of nitrogens with two attached hydrogens (primary N) is 1. The molecule has 0 saturated carbocycles. The van der Waals surface area contributed by atoms with E-state index in [0.717, 1.165) is 17.8 Å². The van der Waals surface area contributed by atoms with Gasteiger partial charge in [-0.25, -0.2) is 13.6 Å². The summed E-state index contributed by atoms with van der Waals surface area (Å²) in [7, 11) is 0.162. The molecule has 0 aliphatic heterocycles. The summed E-state index contributed by atoms with van der Waals surface area (Å²) in [5.41, 5.74) is 1.47. The van der Waals surface area contributed by atoms with Gasteiger partial charge in [0.2, 0.25) is 15.9 Å². The van der Waals surface area contributed by atoms with Crippen LogP contribution in [0.2, 0.25) is 0 Å². The average molecular weight is 489 g/mol. The third-order valence-corrected chi connectivity index (χ3v) is 6.89. The normalized spacial score (nSPS) is 12.6. The predicted octanol–water partition coefficient (Wildman–Crippen LogP) is 2.72. The Morgan fingerprint density at radius 1 is 1.15 bits per heavy atom.